The molecule has 2 rings (SSSR count). The van der Waals surface area contributed by atoms with E-state index in [1.807, 2.05) is 6.92 Å². The van der Waals surface area contributed by atoms with Gasteiger partial charge in [0.15, 0.2) is 4.34 Å². The van der Waals surface area contributed by atoms with E-state index in [1.54, 1.807) is 6.07 Å². The summed E-state index contributed by atoms with van der Waals surface area (Å²) < 4.78 is 13.5. The minimum atomic E-state index is -0.476. The standard InChI is InChI=1S/C8H6FN3S2/c1-5-11-12-8(13-5)14-6-2-3-10-7(9)4-6/h2-4H,1H3. The molecule has 72 valence electrons. The third-order valence-electron chi connectivity index (χ3n) is 1.41. The molecule has 0 aromatic carbocycles. The third-order valence-corrected chi connectivity index (χ3v) is 3.29. The van der Waals surface area contributed by atoms with Gasteiger partial charge in [0.1, 0.15) is 5.01 Å². The lowest BCUT2D eigenvalue weighted by atomic mass is 10.5. The summed E-state index contributed by atoms with van der Waals surface area (Å²) in [6.07, 6.45) is 1.44. The Hall–Kier alpha value is -1.01. The van der Waals surface area contributed by atoms with Crippen LogP contribution in [0.4, 0.5) is 4.39 Å². The van der Waals surface area contributed by atoms with Crippen molar-refractivity contribution in [2.45, 2.75) is 16.2 Å². The van der Waals surface area contributed by atoms with Gasteiger partial charge in [-0.05, 0) is 13.0 Å². The molecule has 14 heavy (non-hydrogen) atoms. The third kappa shape index (κ3) is 2.27. The lowest BCUT2D eigenvalue weighted by Gasteiger charge is -1.94. The topological polar surface area (TPSA) is 38.7 Å². The fourth-order valence-electron chi connectivity index (χ4n) is 0.869. The Morgan fingerprint density at radius 3 is 2.93 bits per heavy atom. The minimum Gasteiger partial charge on any atom is -0.228 e. The summed E-state index contributed by atoms with van der Waals surface area (Å²) in [6, 6.07) is 3.12. The van der Waals surface area contributed by atoms with Crippen molar-refractivity contribution in [2.24, 2.45) is 0 Å². The van der Waals surface area contributed by atoms with Crippen LogP contribution in [0.5, 0.6) is 0 Å². The normalized spacial score (nSPS) is 10.4. The Labute approximate surface area is 88.4 Å². The lowest BCUT2D eigenvalue weighted by Crippen LogP contribution is -1.80. The van der Waals surface area contributed by atoms with E-state index >= 15 is 0 Å². The molecule has 3 nitrogen and oxygen atoms in total. The Balaban J connectivity index is 2.18. The van der Waals surface area contributed by atoms with Gasteiger partial charge in [-0.2, -0.15) is 4.39 Å². The van der Waals surface area contributed by atoms with Crippen LogP contribution in [0.15, 0.2) is 27.6 Å². The zero-order valence-electron chi connectivity index (χ0n) is 7.27. The molecule has 2 heterocycles. The van der Waals surface area contributed by atoms with Gasteiger partial charge >= 0.3 is 0 Å². The molecule has 0 bridgehead atoms. The van der Waals surface area contributed by atoms with Gasteiger partial charge < -0.3 is 0 Å². The number of halogens is 1. The number of rotatable bonds is 2. The van der Waals surface area contributed by atoms with Crippen molar-refractivity contribution in [2.75, 3.05) is 0 Å². The van der Waals surface area contributed by atoms with Crippen LogP contribution in [0.25, 0.3) is 0 Å². The second kappa shape index (κ2) is 4.02. The molecule has 0 saturated carbocycles. The smallest absolute Gasteiger partial charge is 0.213 e. The molecule has 0 atom stereocenters. The van der Waals surface area contributed by atoms with Crippen molar-refractivity contribution >= 4 is 23.1 Å². The van der Waals surface area contributed by atoms with E-state index in [-0.39, 0.29) is 0 Å². The number of aryl methyl sites for hydroxylation is 1. The molecule has 6 heteroatoms. The van der Waals surface area contributed by atoms with Gasteiger partial charge in [-0.15, -0.1) is 10.2 Å². The molecular formula is C8H6FN3S2. The van der Waals surface area contributed by atoms with Crippen molar-refractivity contribution in [3.05, 3.63) is 29.3 Å². The van der Waals surface area contributed by atoms with E-state index in [0.717, 1.165) is 14.2 Å². The molecule has 0 radical (unpaired) electrons. The molecule has 0 aliphatic carbocycles. The first-order chi connectivity index (χ1) is 6.74. The van der Waals surface area contributed by atoms with E-state index in [9.17, 15) is 4.39 Å². The van der Waals surface area contributed by atoms with Gasteiger partial charge in [-0.25, -0.2) is 4.98 Å². The summed E-state index contributed by atoms with van der Waals surface area (Å²) in [5, 5.41) is 8.71. The van der Waals surface area contributed by atoms with Crippen molar-refractivity contribution in [3.63, 3.8) is 0 Å². The first-order valence-electron chi connectivity index (χ1n) is 3.83. The first kappa shape index (κ1) is 9.54. The second-order valence-corrected chi connectivity index (χ2v) is 5.01. The molecule has 0 unspecified atom stereocenters. The van der Waals surface area contributed by atoms with Crippen LogP contribution in [0.1, 0.15) is 5.01 Å². The van der Waals surface area contributed by atoms with Crippen LogP contribution in [-0.2, 0) is 0 Å². The molecule has 2 aromatic rings. The fourth-order valence-corrected chi connectivity index (χ4v) is 2.67. The highest BCUT2D eigenvalue weighted by Crippen LogP contribution is 2.29. The molecule has 0 spiro atoms. The van der Waals surface area contributed by atoms with Crippen molar-refractivity contribution in [1.29, 1.82) is 0 Å². The highest BCUT2D eigenvalue weighted by molar-refractivity contribution is 8.01. The Kier molecular flexibility index (Phi) is 2.74. The fraction of sp³-hybridized carbons (Fsp3) is 0.125. The summed E-state index contributed by atoms with van der Waals surface area (Å²) >= 11 is 2.87. The minimum absolute atomic E-state index is 0.476. The van der Waals surface area contributed by atoms with Crippen LogP contribution in [0.2, 0.25) is 0 Å². The lowest BCUT2D eigenvalue weighted by molar-refractivity contribution is 0.579. The number of hydrogen-bond acceptors (Lipinski definition) is 5. The van der Waals surface area contributed by atoms with Crippen LogP contribution >= 0.6 is 23.1 Å². The molecule has 0 N–H and O–H groups in total. The van der Waals surface area contributed by atoms with Crippen LogP contribution in [0, 0.1) is 12.9 Å². The van der Waals surface area contributed by atoms with Crippen LogP contribution in [0.3, 0.4) is 0 Å². The SMILES string of the molecule is Cc1nnc(Sc2ccnc(F)c2)s1. The second-order valence-electron chi connectivity index (χ2n) is 2.50. The summed E-state index contributed by atoms with van der Waals surface area (Å²) in [7, 11) is 0. The predicted molar refractivity (Wildman–Crippen MR) is 53.0 cm³/mol. The van der Waals surface area contributed by atoms with Gasteiger partial charge in [0, 0.05) is 17.2 Å². The van der Waals surface area contributed by atoms with Crippen LogP contribution < -0.4 is 0 Å². The number of nitrogens with zero attached hydrogens (tertiary/aromatic N) is 3. The Morgan fingerprint density at radius 2 is 2.29 bits per heavy atom. The quantitative estimate of drug-likeness (QED) is 0.739. The predicted octanol–water partition coefficient (Wildman–Crippen LogP) is 2.53. The maximum absolute atomic E-state index is 12.7. The highest BCUT2D eigenvalue weighted by Gasteiger charge is 2.03. The highest BCUT2D eigenvalue weighted by atomic mass is 32.2. The van der Waals surface area contributed by atoms with E-state index in [2.05, 4.69) is 15.2 Å². The maximum atomic E-state index is 12.7. The summed E-state index contributed by atoms with van der Waals surface area (Å²) in [5.74, 6) is -0.476. The maximum Gasteiger partial charge on any atom is 0.213 e. The summed E-state index contributed by atoms with van der Waals surface area (Å²) in [4.78, 5) is 4.26. The van der Waals surface area contributed by atoms with E-state index in [0.29, 0.717) is 0 Å². The van der Waals surface area contributed by atoms with E-state index in [1.165, 1.54) is 35.4 Å². The summed E-state index contributed by atoms with van der Waals surface area (Å²) in [6.45, 7) is 1.88. The average Bonchev–Trinajstić information content (AvgIpc) is 2.51. The van der Waals surface area contributed by atoms with Crippen LogP contribution in [-0.4, -0.2) is 15.2 Å². The van der Waals surface area contributed by atoms with Crippen molar-refractivity contribution in [3.8, 4) is 0 Å². The van der Waals surface area contributed by atoms with Gasteiger partial charge in [-0.3, -0.25) is 0 Å². The Bertz CT molecular complexity index is 444. The number of pyridine rings is 1. The molecule has 2 aromatic heterocycles. The van der Waals surface area contributed by atoms with E-state index < -0.39 is 5.95 Å². The molecular weight excluding hydrogens is 221 g/mol. The molecule has 0 saturated heterocycles. The zero-order chi connectivity index (χ0) is 9.97. The molecule has 0 aliphatic heterocycles. The first-order valence-corrected chi connectivity index (χ1v) is 5.47. The molecule has 0 aliphatic rings. The Morgan fingerprint density at radius 1 is 1.43 bits per heavy atom. The molecule has 0 fully saturated rings. The zero-order valence-corrected chi connectivity index (χ0v) is 8.90. The van der Waals surface area contributed by atoms with Crippen molar-refractivity contribution < 1.29 is 4.39 Å². The van der Waals surface area contributed by atoms with E-state index in [4.69, 9.17) is 0 Å². The van der Waals surface area contributed by atoms with Gasteiger partial charge in [-0.1, -0.05) is 23.1 Å². The monoisotopic (exact) mass is 227 g/mol. The largest absolute Gasteiger partial charge is 0.228 e. The van der Waals surface area contributed by atoms with Gasteiger partial charge in [0.2, 0.25) is 5.95 Å². The van der Waals surface area contributed by atoms with Gasteiger partial charge in [0.05, 0.1) is 0 Å². The van der Waals surface area contributed by atoms with Gasteiger partial charge in [0.25, 0.3) is 0 Å². The number of aromatic nitrogens is 3. The average molecular weight is 227 g/mol. The van der Waals surface area contributed by atoms with Crippen molar-refractivity contribution in [1.82, 2.24) is 15.2 Å². The summed E-state index contributed by atoms with van der Waals surface area (Å²) in [5.41, 5.74) is 0. The molecule has 0 amide bonds. The number of hydrogen-bond donors (Lipinski definition) is 0.